The molecule has 0 saturated heterocycles. The van der Waals surface area contributed by atoms with Crippen LogP contribution in [0.2, 0.25) is 0 Å². The van der Waals surface area contributed by atoms with Crippen LogP contribution in [0.25, 0.3) is 32.7 Å². The Morgan fingerprint density at radius 2 is 0.787 bits per heavy atom. The number of ether oxygens (including phenoxy) is 1. The molecule has 108 heavy (non-hydrogen) atoms. The van der Waals surface area contributed by atoms with Crippen molar-refractivity contribution in [1.82, 2.24) is 0 Å². The Morgan fingerprint density at radius 1 is 0.417 bits per heavy atom. The number of allylic oxidation sites excluding steroid dienone is 4. The summed E-state index contributed by atoms with van der Waals surface area (Å²) in [4.78, 5) is 5.07. The fraction of sp³-hybridized carbons (Fsp3) is 0.212. The summed E-state index contributed by atoms with van der Waals surface area (Å²) in [5, 5.41) is 4.22. The number of benzene rings is 11. The molecule has 5 nitrogen and oxygen atoms in total. The average Bonchev–Trinajstić information content (AvgIpc) is 0.835. The molecule has 3 aliphatic rings. The molecule has 11 aromatic carbocycles. The Balaban J connectivity index is 0.000000196. The van der Waals surface area contributed by atoms with Gasteiger partial charge in [0.2, 0.25) is 5.90 Å². The van der Waals surface area contributed by atoms with Gasteiger partial charge in [0, 0.05) is 49.6 Å². The summed E-state index contributed by atoms with van der Waals surface area (Å²) >= 11 is 0. The summed E-state index contributed by atoms with van der Waals surface area (Å²) in [5.74, 6) is 1.57. The molecular formula is C85H68BF15IrNO4P-2. The van der Waals surface area contributed by atoms with E-state index < -0.39 is 101 Å². The Labute approximate surface area is 629 Å². The van der Waals surface area contributed by atoms with Crippen molar-refractivity contribution in [1.29, 1.82) is 0 Å². The van der Waals surface area contributed by atoms with E-state index in [9.17, 15) is 65.9 Å². The minimum absolute atomic E-state index is 0. The van der Waals surface area contributed by atoms with E-state index in [-0.39, 0.29) is 55.3 Å². The number of alkyl halides is 15. The van der Waals surface area contributed by atoms with Crippen LogP contribution < -0.4 is 30.9 Å². The van der Waals surface area contributed by atoms with Crippen molar-refractivity contribution in [3.8, 4) is 22.6 Å². The van der Waals surface area contributed by atoms with E-state index >= 15 is 0 Å². The molecule has 2 aliphatic heterocycles. The third-order valence-electron chi connectivity index (χ3n) is 19.0. The van der Waals surface area contributed by atoms with Crippen LogP contribution in [0.5, 0.6) is 11.5 Å². The summed E-state index contributed by atoms with van der Waals surface area (Å²) in [6, 6.07) is 58.8. The molecule has 0 bridgehead atoms. The van der Waals surface area contributed by atoms with Gasteiger partial charge in [0.05, 0.1) is 27.8 Å². The minimum atomic E-state index is -5.35. The third kappa shape index (κ3) is 18.1. The third-order valence-corrected chi connectivity index (χ3v) is 20.3. The van der Waals surface area contributed by atoms with Crippen molar-refractivity contribution in [3.05, 3.63) is 322 Å². The van der Waals surface area contributed by atoms with Crippen LogP contribution in [0.1, 0.15) is 92.4 Å². The maximum Gasteiger partial charge on any atom is 0.486 e. The maximum atomic E-state index is 14.2. The Kier molecular flexibility index (Phi) is 23.9. The van der Waals surface area contributed by atoms with Gasteiger partial charge >= 0.3 is 39.5 Å². The van der Waals surface area contributed by atoms with Gasteiger partial charge in [-0.25, -0.2) is 4.99 Å². The van der Waals surface area contributed by atoms with Crippen molar-refractivity contribution in [2.24, 2.45) is 4.99 Å². The van der Waals surface area contributed by atoms with Gasteiger partial charge in [0.1, 0.15) is 18.8 Å². The van der Waals surface area contributed by atoms with Gasteiger partial charge in [-0.15, -0.1) is 0 Å². The molecule has 0 N–H and O–H groups in total. The first-order valence-electron chi connectivity index (χ1n) is 34.2. The monoisotopic (exact) mass is 1690 g/mol. The van der Waals surface area contributed by atoms with Gasteiger partial charge < -0.3 is 16.9 Å². The molecule has 1 radical (unpaired) electrons. The summed E-state index contributed by atoms with van der Waals surface area (Å²) in [7, 11) is -2.63. The molecule has 0 spiro atoms. The Hall–Kier alpha value is -9.46. The van der Waals surface area contributed by atoms with Crippen LogP contribution in [0, 0.1) is 39.8 Å². The molecule has 561 valence electrons. The maximum absolute atomic E-state index is 14.2. The Bertz CT molecular complexity index is 4850. The molecular weight excluding hydrogens is 1620 g/mol. The summed E-state index contributed by atoms with van der Waals surface area (Å²) in [6.45, 7) is 5.71. The molecule has 23 heteroatoms. The minimum Gasteiger partial charge on any atom is -0.500 e. The van der Waals surface area contributed by atoms with Gasteiger partial charge in [-0.2, -0.15) is 105 Å². The summed E-state index contributed by atoms with van der Waals surface area (Å²) in [6.07, 6.45) is -12.9. The molecule has 2 heterocycles. The van der Waals surface area contributed by atoms with Crippen LogP contribution in [0.15, 0.2) is 248 Å². The zero-order chi connectivity index (χ0) is 76.3. The van der Waals surface area contributed by atoms with Crippen LogP contribution in [-0.4, -0.2) is 30.3 Å². The first-order valence-corrected chi connectivity index (χ1v) is 35.4. The number of hydrogen-bond donors (Lipinski definition) is 0. The first-order chi connectivity index (χ1) is 50.7. The standard InChI is InChI=1S/C45H34F3NO4P.C32H24BF12.C8H10.Ir/c46-45(47,48)35-23-19-34(20-24-35)43-49-40(29-50-43)44(27-30-11-3-1-4-12-30,28-31-13-5-2-6-14-31)53-54-51-38-25-21-32-15-7-9-17-36(32)41(38)42-37-18-10-8-16-33(37)22-26-39(42)52-54;1-17-5-18(2)9-25(8-17)33(26-10-19(3)6-21(13-26)29(34,35)36,27-11-20(4)7-22(14-27)30(37,38)39)28-15-23(31(40,41)42)12-24(16-28)32(43,44)45;1-2-4-6-8-7-5-3-1;/h1-26,40,54H,27-29H2;5-16H,1-4H3;1,8H,2,4-5,7H2;/q+1;-1;-2;/t40-;;;/m1.../s1. The molecule has 0 unspecified atom stereocenters. The van der Waals surface area contributed by atoms with E-state index in [1.807, 2.05) is 72.8 Å². The van der Waals surface area contributed by atoms with E-state index in [1.165, 1.54) is 38.1 Å². The number of nitrogens with zero attached hydrogens (tertiary/aromatic N) is 1. The smallest absolute Gasteiger partial charge is 0.486 e. The van der Waals surface area contributed by atoms with E-state index in [4.69, 9.17) is 23.3 Å². The predicted molar refractivity (Wildman–Crippen MR) is 391 cm³/mol. The van der Waals surface area contributed by atoms with Gasteiger partial charge in [-0.1, -0.05) is 211 Å². The van der Waals surface area contributed by atoms with Gasteiger partial charge in [-0.05, 0) is 115 Å². The molecule has 0 saturated carbocycles. The fourth-order valence-corrected chi connectivity index (χ4v) is 15.8. The van der Waals surface area contributed by atoms with Crippen molar-refractivity contribution in [2.45, 2.75) is 109 Å². The topological polar surface area (TPSA) is 49.3 Å². The number of halogens is 15. The number of aliphatic imine (C=N–C) groups is 1. The van der Waals surface area contributed by atoms with Crippen molar-refractivity contribution in [3.63, 3.8) is 0 Å². The van der Waals surface area contributed by atoms with E-state index in [2.05, 4.69) is 85.0 Å². The summed E-state index contributed by atoms with van der Waals surface area (Å²) in [5.41, 5.74) is -4.50. The second kappa shape index (κ2) is 32.4. The molecule has 14 rings (SSSR count). The SMILES string of the molecule is Cc1cc(C)cc([B-](c2cc(C)cc(C(F)(F)F)c2)(c2cc(C)cc(C(F)(F)F)c2)c2cc(C(F)(F)F)cc(C(F)(F)F)c2)c1.FC(F)(F)c1ccc(C2=N[C@@H](C(Cc3ccccc3)(Cc3ccccc3)O[PH+]3Oc4ccc5ccccc5c4-c4c(ccc5ccccc45)O3)CO2)cc1.[C-]1=CCC[C-]=CCC1.[Ir]. The molecule has 0 amide bonds. The van der Waals surface area contributed by atoms with E-state index in [0.29, 0.717) is 65.3 Å². The van der Waals surface area contributed by atoms with Crippen LogP contribution in [-0.2, 0) is 73.1 Å². The Morgan fingerprint density at radius 3 is 1.20 bits per heavy atom. The van der Waals surface area contributed by atoms with Crippen LogP contribution in [0.3, 0.4) is 0 Å². The zero-order valence-corrected chi connectivity index (χ0v) is 61.7. The van der Waals surface area contributed by atoms with Gasteiger partial charge in [0.15, 0.2) is 17.1 Å². The van der Waals surface area contributed by atoms with Crippen molar-refractivity contribution in [2.75, 3.05) is 6.61 Å². The predicted octanol–water partition coefficient (Wildman–Crippen LogP) is 22.1. The number of aryl methyl sites for hydroxylation is 4. The van der Waals surface area contributed by atoms with Gasteiger partial charge in [0.25, 0.3) is 0 Å². The molecule has 0 fully saturated rings. The fourth-order valence-electron chi connectivity index (χ4n) is 14.3. The first kappa shape index (κ1) is 79.6. The van der Waals surface area contributed by atoms with Gasteiger partial charge in [-0.3, -0.25) is 21.2 Å². The summed E-state index contributed by atoms with van der Waals surface area (Å²) < 4.78 is 238. The molecule has 1 aliphatic carbocycles. The van der Waals surface area contributed by atoms with Crippen LogP contribution >= 0.6 is 8.60 Å². The molecule has 0 aromatic heterocycles. The van der Waals surface area contributed by atoms with E-state index in [0.717, 1.165) is 106 Å². The quantitative estimate of drug-likeness (QED) is 0.0529. The number of hydrogen-bond acceptors (Lipinski definition) is 5. The zero-order valence-electron chi connectivity index (χ0n) is 58.3. The second-order valence-electron chi connectivity index (χ2n) is 26.9. The normalized spacial score (nSPS) is 14.9. The largest absolute Gasteiger partial charge is 0.500 e. The average molecular weight is 1690 g/mol. The van der Waals surface area contributed by atoms with Crippen LogP contribution in [0.4, 0.5) is 65.9 Å². The molecule has 11 aromatic rings. The second-order valence-corrected chi connectivity index (χ2v) is 28.0. The van der Waals surface area contributed by atoms with Crippen molar-refractivity contribution >= 4 is 64.0 Å². The molecule has 1 atom stereocenters. The number of fused-ring (bicyclic) bond motifs is 7. The van der Waals surface area contributed by atoms with Crippen molar-refractivity contribution < 1.29 is 104 Å². The van der Waals surface area contributed by atoms with E-state index in [1.54, 1.807) is 19.9 Å². The number of rotatable bonds is 12.